The third-order valence-electron chi connectivity index (χ3n) is 2.98. The van der Waals surface area contributed by atoms with Crippen LogP contribution in [0.3, 0.4) is 0 Å². The number of anilines is 1. The topological polar surface area (TPSA) is 15.3 Å². The predicted molar refractivity (Wildman–Crippen MR) is 72.5 cm³/mol. The standard InChI is InChI=1S/C14H21F3N2/c1-4-18-13(9-10-14(15,16)17)11-5-7-12(8-6-11)19(2)3/h5-8,13,18H,4,9-10H2,1-3H3. The van der Waals surface area contributed by atoms with E-state index in [1.165, 1.54) is 0 Å². The van der Waals surface area contributed by atoms with Gasteiger partial charge in [0.25, 0.3) is 0 Å². The average molecular weight is 274 g/mol. The molecule has 0 heterocycles. The summed E-state index contributed by atoms with van der Waals surface area (Å²) in [5.74, 6) is 0. The first-order valence-corrected chi connectivity index (χ1v) is 6.41. The van der Waals surface area contributed by atoms with Crippen molar-refractivity contribution in [1.29, 1.82) is 0 Å². The maximum absolute atomic E-state index is 12.3. The molecular weight excluding hydrogens is 253 g/mol. The van der Waals surface area contributed by atoms with Crippen molar-refractivity contribution in [1.82, 2.24) is 5.32 Å². The molecule has 0 aliphatic rings. The van der Waals surface area contributed by atoms with E-state index in [-0.39, 0.29) is 12.5 Å². The van der Waals surface area contributed by atoms with E-state index >= 15 is 0 Å². The van der Waals surface area contributed by atoms with E-state index < -0.39 is 12.6 Å². The van der Waals surface area contributed by atoms with Gasteiger partial charge in [0.2, 0.25) is 0 Å². The van der Waals surface area contributed by atoms with Crippen LogP contribution in [0.1, 0.15) is 31.4 Å². The fourth-order valence-electron chi connectivity index (χ4n) is 1.95. The number of nitrogens with one attached hydrogen (secondary N) is 1. The minimum atomic E-state index is -4.10. The molecule has 1 aromatic rings. The van der Waals surface area contributed by atoms with Crippen LogP contribution in [0.15, 0.2) is 24.3 Å². The van der Waals surface area contributed by atoms with Crippen molar-refractivity contribution in [2.75, 3.05) is 25.5 Å². The quantitative estimate of drug-likeness (QED) is 0.850. The van der Waals surface area contributed by atoms with E-state index in [0.717, 1.165) is 11.3 Å². The highest BCUT2D eigenvalue weighted by Gasteiger charge is 2.28. The molecule has 0 fully saturated rings. The van der Waals surface area contributed by atoms with Gasteiger partial charge in [-0.15, -0.1) is 0 Å². The second kappa shape index (κ2) is 6.80. The molecule has 0 spiro atoms. The first-order chi connectivity index (χ1) is 8.83. The highest BCUT2D eigenvalue weighted by Crippen LogP contribution is 2.28. The summed E-state index contributed by atoms with van der Waals surface area (Å²) >= 11 is 0. The van der Waals surface area contributed by atoms with Crippen molar-refractivity contribution in [3.05, 3.63) is 29.8 Å². The summed E-state index contributed by atoms with van der Waals surface area (Å²) < 4.78 is 36.9. The lowest BCUT2D eigenvalue weighted by Crippen LogP contribution is -2.23. The van der Waals surface area contributed by atoms with E-state index in [2.05, 4.69) is 5.32 Å². The van der Waals surface area contributed by atoms with Crippen LogP contribution in [-0.4, -0.2) is 26.8 Å². The molecule has 2 nitrogen and oxygen atoms in total. The van der Waals surface area contributed by atoms with Crippen molar-refractivity contribution in [3.8, 4) is 0 Å². The predicted octanol–water partition coefficient (Wildman–Crippen LogP) is 3.75. The minimum Gasteiger partial charge on any atom is -0.378 e. The third-order valence-corrected chi connectivity index (χ3v) is 2.98. The summed E-state index contributed by atoms with van der Waals surface area (Å²) in [6.45, 7) is 2.55. The maximum Gasteiger partial charge on any atom is 0.389 e. The summed E-state index contributed by atoms with van der Waals surface area (Å²) in [7, 11) is 3.86. The van der Waals surface area contributed by atoms with E-state index in [4.69, 9.17) is 0 Å². The van der Waals surface area contributed by atoms with Gasteiger partial charge in [-0.25, -0.2) is 0 Å². The van der Waals surface area contributed by atoms with Crippen LogP contribution < -0.4 is 10.2 Å². The summed E-state index contributed by atoms with van der Waals surface area (Å²) in [5.41, 5.74) is 1.94. The van der Waals surface area contributed by atoms with Crippen LogP contribution in [0.2, 0.25) is 0 Å². The van der Waals surface area contributed by atoms with Gasteiger partial charge in [-0.3, -0.25) is 0 Å². The molecule has 5 heteroatoms. The zero-order valence-electron chi connectivity index (χ0n) is 11.6. The van der Waals surface area contributed by atoms with Crippen molar-refractivity contribution < 1.29 is 13.2 Å². The fourth-order valence-corrected chi connectivity index (χ4v) is 1.95. The Hall–Kier alpha value is -1.23. The molecule has 0 amide bonds. The van der Waals surface area contributed by atoms with Crippen LogP contribution in [-0.2, 0) is 0 Å². The van der Waals surface area contributed by atoms with E-state index in [1.54, 1.807) is 0 Å². The molecule has 0 aliphatic carbocycles. The van der Waals surface area contributed by atoms with Gasteiger partial charge >= 0.3 is 6.18 Å². The first-order valence-electron chi connectivity index (χ1n) is 6.41. The van der Waals surface area contributed by atoms with Crippen molar-refractivity contribution in [2.45, 2.75) is 32.0 Å². The maximum atomic E-state index is 12.3. The molecule has 1 aromatic carbocycles. The lowest BCUT2D eigenvalue weighted by molar-refractivity contribution is -0.136. The van der Waals surface area contributed by atoms with Crippen LogP contribution in [0, 0.1) is 0 Å². The van der Waals surface area contributed by atoms with Crippen molar-refractivity contribution >= 4 is 5.69 Å². The molecular formula is C14H21F3N2. The van der Waals surface area contributed by atoms with E-state index in [9.17, 15) is 13.2 Å². The molecule has 1 atom stereocenters. The highest BCUT2D eigenvalue weighted by atomic mass is 19.4. The van der Waals surface area contributed by atoms with Gasteiger partial charge in [0.05, 0.1) is 0 Å². The number of hydrogen-bond donors (Lipinski definition) is 1. The molecule has 19 heavy (non-hydrogen) atoms. The molecule has 0 aliphatic heterocycles. The Balaban J connectivity index is 2.75. The summed E-state index contributed by atoms with van der Waals surface area (Å²) in [4.78, 5) is 1.96. The molecule has 1 unspecified atom stereocenters. The van der Waals surface area contributed by atoms with Gasteiger partial charge in [0.1, 0.15) is 0 Å². The zero-order valence-corrected chi connectivity index (χ0v) is 11.6. The normalized spacial score (nSPS) is 13.4. The molecule has 0 aromatic heterocycles. The molecule has 108 valence electrons. The zero-order chi connectivity index (χ0) is 14.5. The smallest absolute Gasteiger partial charge is 0.378 e. The number of halogens is 3. The van der Waals surface area contributed by atoms with E-state index in [0.29, 0.717) is 6.54 Å². The Labute approximate surface area is 112 Å². The van der Waals surface area contributed by atoms with Gasteiger partial charge in [0, 0.05) is 32.2 Å². The monoisotopic (exact) mass is 274 g/mol. The fraction of sp³-hybridized carbons (Fsp3) is 0.571. The Kier molecular flexibility index (Phi) is 5.66. The Morgan fingerprint density at radius 1 is 1.16 bits per heavy atom. The lowest BCUT2D eigenvalue weighted by atomic mass is 10.0. The molecule has 1 N–H and O–H groups in total. The Morgan fingerprint density at radius 3 is 2.16 bits per heavy atom. The Bertz CT molecular complexity index is 371. The third kappa shape index (κ3) is 5.51. The molecule has 0 bridgehead atoms. The van der Waals surface area contributed by atoms with E-state index in [1.807, 2.05) is 50.2 Å². The van der Waals surface area contributed by atoms with Gasteiger partial charge in [0.15, 0.2) is 0 Å². The summed E-state index contributed by atoms with van der Waals surface area (Å²) in [6.07, 6.45) is -4.80. The Morgan fingerprint density at radius 2 is 1.74 bits per heavy atom. The molecule has 1 rings (SSSR count). The van der Waals surface area contributed by atoms with Gasteiger partial charge in [-0.2, -0.15) is 13.2 Å². The highest BCUT2D eigenvalue weighted by molar-refractivity contribution is 5.46. The number of alkyl halides is 3. The van der Waals surface area contributed by atoms with Crippen LogP contribution in [0.25, 0.3) is 0 Å². The number of rotatable bonds is 6. The molecule has 0 radical (unpaired) electrons. The average Bonchev–Trinajstić information content (AvgIpc) is 2.33. The number of benzene rings is 1. The SMILES string of the molecule is CCNC(CCC(F)(F)F)c1ccc(N(C)C)cc1. The summed E-state index contributed by atoms with van der Waals surface area (Å²) in [6, 6.07) is 7.38. The molecule has 0 saturated carbocycles. The van der Waals surface area contributed by atoms with Crippen LogP contribution in [0.5, 0.6) is 0 Å². The minimum absolute atomic E-state index is 0.0681. The van der Waals surface area contributed by atoms with Crippen molar-refractivity contribution in [3.63, 3.8) is 0 Å². The first kappa shape index (κ1) is 15.8. The van der Waals surface area contributed by atoms with Crippen LogP contribution >= 0.6 is 0 Å². The lowest BCUT2D eigenvalue weighted by Gasteiger charge is -2.20. The van der Waals surface area contributed by atoms with Crippen LogP contribution in [0.4, 0.5) is 18.9 Å². The largest absolute Gasteiger partial charge is 0.389 e. The second-order valence-corrected chi connectivity index (χ2v) is 4.75. The molecule has 0 saturated heterocycles. The number of hydrogen-bond acceptors (Lipinski definition) is 2. The number of nitrogens with zero attached hydrogens (tertiary/aromatic N) is 1. The second-order valence-electron chi connectivity index (χ2n) is 4.75. The summed E-state index contributed by atoms with van der Waals surface area (Å²) in [5, 5.41) is 3.11. The van der Waals surface area contributed by atoms with Gasteiger partial charge in [-0.1, -0.05) is 19.1 Å². The van der Waals surface area contributed by atoms with Crippen molar-refractivity contribution in [2.24, 2.45) is 0 Å². The van der Waals surface area contributed by atoms with Gasteiger partial charge < -0.3 is 10.2 Å². The van der Waals surface area contributed by atoms with Gasteiger partial charge in [-0.05, 0) is 30.7 Å².